The molecule has 0 bridgehead atoms. The van der Waals surface area contributed by atoms with E-state index in [1.807, 2.05) is 72.8 Å². The minimum Gasteiger partial charge on any atom is -0.494 e. The predicted octanol–water partition coefficient (Wildman–Crippen LogP) is 7.06. The Bertz CT molecular complexity index is 955. The van der Waals surface area contributed by atoms with Crippen molar-refractivity contribution in [3.05, 3.63) is 71.8 Å². The largest absolute Gasteiger partial charge is 0.494 e. The minimum atomic E-state index is -0.380. The Morgan fingerprint density at radius 1 is 0.938 bits per heavy atom. The number of ketones is 1. The summed E-state index contributed by atoms with van der Waals surface area (Å²) < 4.78 is 17.8. The van der Waals surface area contributed by atoms with E-state index >= 15 is 0 Å². The lowest BCUT2D eigenvalue weighted by Crippen LogP contribution is -2.25. The van der Waals surface area contributed by atoms with Crippen molar-refractivity contribution in [1.82, 2.24) is 0 Å². The van der Waals surface area contributed by atoms with Crippen molar-refractivity contribution in [3.63, 3.8) is 0 Å². The van der Waals surface area contributed by atoms with Gasteiger partial charge >= 0.3 is 0 Å². The van der Waals surface area contributed by atoms with Gasteiger partial charge in [-0.1, -0.05) is 12.2 Å². The number of hydrogen-bond donors (Lipinski definition) is 0. The Hall–Kier alpha value is -3.01. The average molecular weight is 437 g/mol. The molecule has 0 atom stereocenters. The van der Waals surface area contributed by atoms with Gasteiger partial charge in [0.15, 0.2) is 5.78 Å². The van der Waals surface area contributed by atoms with Crippen LogP contribution in [0.25, 0.3) is 6.08 Å². The first-order valence-electron chi connectivity index (χ1n) is 11.0. The molecule has 0 unspecified atom stereocenters. The van der Waals surface area contributed by atoms with Gasteiger partial charge in [-0.3, -0.25) is 4.79 Å². The Labute approximate surface area is 192 Å². The van der Waals surface area contributed by atoms with Crippen LogP contribution in [-0.4, -0.2) is 23.6 Å². The quantitative estimate of drug-likeness (QED) is 0.240. The van der Waals surface area contributed by atoms with Crippen LogP contribution in [0.2, 0.25) is 0 Å². The molecule has 0 aliphatic heterocycles. The van der Waals surface area contributed by atoms with E-state index in [1.54, 1.807) is 30.3 Å². The van der Waals surface area contributed by atoms with Crippen molar-refractivity contribution < 1.29 is 19.0 Å². The molecule has 0 fully saturated rings. The third-order valence-corrected chi connectivity index (χ3v) is 4.27. The zero-order chi connectivity index (χ0) is 23.9. The third kappa shape index (κ3) is 7.92. The molecule has 32 heavy (non-hydrogen) atoms. The first kappa shape index (κ1) is 25.3. The highest BCUT2D eigenvalue weighted by Gasteiger charge is 2.20. The van der Waals surface area contributed by atoms with Gasteiger partial charge in [0, 0.05) is 17.2 Å². The highest BCUT2D eigenvalue weighted by molar-refractivity contribution is 6.07. The SMILES string of the molecule is C=CCc1c(C=CC(=O)c2ccc(OCC)cc2)cc(OC(C)(C)C)cc1OC(C)(C)C. The molecule has 2 aromatic rings. The average Bonchev–Trinajstić information content (AvgIpc) is 2.66. The molecule has 4 heteroatoms. The molecule has 0 saturated heterocycles. The van der Waals surface area contributed by atoms with E-state index in [0.717, 1.165) is 22.6 Å². The van der Waals surface area contributed by atoms with Crippen LogP contribution >= 0.6 is 0 Å². The molecular formula is C28H36O4. The number of benzene rings is 2. The molecule has 0 aromatic heterocycles. The van der Waals surface area contributed by atoms with Gasteiger partial charge in [0.2, 0.25) is 0 Å². The lowest BCUT2D eigenvalue weighted by Gasteiger charge is -2.27. The molecule has 2 rings (SSSR count). The summed E-state index contributed by atoms with van der Waals surface area (Å²) in [5.74, 6) is 2.08. The van der Waals surface area contributed by atoms with E-state index in [4.69, 9.17) is 14.2 Å². The number of carbonyl (C=O) groups excluding carboxylic acids is 1. The van der Waals surface area contributed by atoms with Crippen LogP contribution in [0, 0.1) is 0 Å². The van der Waals surface area contributed by atoms with Gasteiger partial charge in [0.1, 0.15) is 28.5 Å². The van der Waals surface area contributed by atoms with E-state index in [0.29, 0.717) is 24.3 Å². The fourth-order valence-electron chi connectivity index (χ4n) is 3.13. The Kier molecular flexibility index (Phi) is 8.31. The smallest absolute Gasteiger partial charge is 0.185 e. The summed E-state index contributed by atoms with van der Waals surface area (Å²) in [5.41, 5.74) is 1.69. The minimum absolute atomic E-state index is 0.0852. The summed E-state index contributed by atoms with van der Waals surface area (Å²) in [6.45, 7) is 18.4. The highest BCUT2D eigenvalue weighted by atomic mass is 16.5. The normalized spacial score (nSPS) is 12.0. The monoisotopic (exact) mass is 436 g/mol. The molecule has 172 valence electrons. The van der Waals surface area contributed by atoms with Gasteiger partial charge in [-0.2, -0.15) is 0 Å². The lowest BCUT2D eigenvalue weighted by atomic mass is 10.00. The number of allylic oxidation sites excluding steroid dienone is 2. The Morgan fingerprint density at radius 2 is 1.56 bits per heavy atom. The van der Waals surface area contributed by atoms with E-state index in [-0.39, 0.29) is 17.0 Å². The molecular weight excluding hydrogens is 400 g/mol. The van der Waals surface area contributed by atoms with E-state index in [9.17, 15) is 4.79 Å². The second-order valence-electron chi connectivity index (χ2n) is 9.57. The van der Waals surface area contributed by atoms with Gasteiger partial charge in [0.25, 0.3) is 0 Å². The second-order valence-corrected chi connectivity index (χ2v) is 9.57. The summed E-state index contributed by atoms with van der Waals surface area (Å²) in [6, 6.07) is 11.0. The summed E-state index contributed by atoms with van der Waals surface area (Å²) in [6.07, 6.45) is 5.85. The van der Waals surface area contributed by atoms with Crippen LogP contribution in [0.5, 0.6) is 17.2 Å². The maximum absolute atomic E-state index is 12.8. The number of ether oxygens (including phenoxy) is 3. The van der Waals surface area contributed by atoms with Crippen LogP contribution in [0.3, 0.4) is 0 Å². The summed E-state index contributed by atoms with van der Waals surface area (Å²) >= 11 is 0. The highest BCUT2D eigenvalue weighted by Crippen LogP contribution is 2.34. The number of hydrogen-bond acceptors (Lipinski definition) is 4. The fraction of sp³-hybridized carbons (Fsp3) is 0.393. The Morgan fingerprint density at radius 3 is 2.09 bits per heavy atom. The standard InChI is InChI=1S/C28H36O4/c1-9-11-24-21(14-17-25(29)20-12-15-22(16-13-20)30-10-2)18-23(31-27(3,4)5)19-26(24)32-28(6,7)8/h9,12-19H,1,10-11H2,2-8H3. The molecule has 4 nitrogen and oxygen atoms in total. The predicted molar refractivity (Wildman–Crippen MR) is 132 cm³/mol. The second kappa shape index (κ2) is 10.5. The third-order valence-electron chi connectivity index (χ3n) is 4.27. The van der Waals surface area contributed by atoms with Crippen LogP contribution < -0.4 is 14.2 Å². The number of rotatable bonds is 9. The number of carbonyl (C=O) groups is 1. The van der Waals surface area contributed by atoms with Crippen molar-refractivity contribution in [1.29, 1.82) is 0 Å². The van der Waals surface area contributed by atoms with Crippen LogP contribution in [0.4, 0.5) is 0 Å². The van der Waals surface area contributed by atoms with Crippen LogP contribution in [0.15, 0.2) is 55.1 Å². The summed E-state index contributed by atoms with van der Waals surface area (Å²) in [5, 5.41) is 0. The molecule has 0 spiro atoms. The van der Waals surface area contributed by atoms with Gasteiger partial charge in [0.05, 0.1) is 6.61 Å². The van der Waals surface area contributed by atoms with Crippen molar-refractivity contribution in [3.8, 4) is 17.2 Å². The van der Waals surface area contributed by atoms with Gasteiger partial charge < -0.3 is 14.2 Å². The van der Waals surface area contributed by atoms with Crippen molar-refractivity contribution >= 4 is 11.9 Å². The molecule has 0 N–H and O–H groups in total. The molecule has 0 aliphatic carbocycles. The van der Waals surface area contributed by atoms with Crippen LogP contribution in [0.1, 0.15) is 70.0 Å². The molecule has 0 radical (unpaired) electrons. The van der Waals surface area contributed by atoms with Gasteiger partial charge in [-0.15, -0.1) is 6.58 Å². The maximum Gasteiger partial charge on any atom is 0.185 e. The van der Waals surface area contributed by atoms with E-state index < -0.39 is 0 Å². The fourth-order valence-corrected chi connectivity index (χ4v) is 3.13. The molecule has 2 aromatic carbocycles. The zero-order valence-corrected chi connectivity index (χ0v) is 20.5. The van der Waals surface area contributed by atoms with Crippen molar-refractivity contribution in [2.75, 3.05) is 6.61 Å². The Balaban J connectivity index is 2.45. The molecule has 0 saturated carbocycles. The van der Waals surface area contributed by atoms with E-state index in [2.05, 4.69) is 6.58 Å². The summed E-state index contributed by atoms with van der Waals surface area (Å²) in [4.78, 5) is 12.8. The topological polar surface area (TPSA) is 44.8 Å². The van der Waals surface area contributed by atoms with Gasteiger partial charge in [-0.05, 0) is 96.9 Å². The van der Waals surface area contributed by atoms with Crippen LogP contribution in [-0.2, 0) is 6.42 Å². The molecule has 0 heterocycles. The first-order valence-corrected chi connectivity index (χ1v) is 11.0. The molecule has 0 amide bonds. The maximum atomic E-state index is 12.8. The summed E-state index contributed by atoms with van der Waals surface area (Å²) in [7, 11) is 0. The first-order chi connectivity index (χ1) is 14.9. The van der Waals surface area contributed by atoms with Crippen molar-refractivity contribution in [2.45, 2.75) is 66.1 Å². The molecule has 0 aliphatic rings. The van der Waals surface area contributed by atoms with E-state index in [1.165, 1.54) is 0 Å². The van der Waals surface area contributed by atoms with Crippen molar-refractivity contribution in [2.24, 2.45) is 0 Å². The lowest BCUT2D eigenvalue weighted by molar-refractivity contribution is 0.104. The zero-order valence-electron chi connectivity index (χ0n) is 20.5. The van der Waals surface area contributed by atoms with Gasteiger partial charge in [-0.25, -0.2) is 0 Å².